The molecule has 6 heteroatoms. The van der Waals surface area contributed by atoms with Crippen LogP contribution < -0.4 is 0 Å². The highest BCUT2D eigenvalue weighted by molar-refractivity contribution is 7.89. The second-order valence-corrected chi connectivity index (χ2v) is 8.20. The van der Waals surface area contributed by atoms with Crippen LogP contribution >= 0.6 is 11.3 Å². The first-order valence-corrected chi connectivity index (χ1v) is 9.06. The highest BCUT2D eigenvalue weighted by Crippen LogP contribution is 2.36. The molecule has 0 radical (unpaired) electrons. The summed E-state index contributed by atoms with van der Waals surface area (Å²) in [6.45, 7) is 2.61. The minimum Gasteiger partial charge on any atom is -0.391 e. The lowest BCUT2D eigenvalue weighted by Crippen LogP contribution is -2.35. The van der Waals surface area contributed by atoms with Crippen molar-refractivity contribution >= 4 is 31.4 Å². The Morgan fingerprint density at radius 3 is 2.81 bits per heavy atom. The lowest BCUT2D eigenvalue weighted by atomic mass is 10.2. The van der Waals surface area contributed by atoms with Gasteiger partial charge < -0.3 is 5.11 Å². The molecule has 2 aromatic rings. The summed E-state index contributed by atoms with van der Waals surface area (Å²) >= 11 is 1.35. The summed E-state index contributed by atoms with van der Waals surface area (Å²) in [7, 11) is -3.58. The molecule has 0 amide bonds. The zero-order valence-corrected chi connectivity index (χ0v) is 13.4. The quantitative estimate of drug-likeness (QED) is 0.884. The predicted molar refractivity (Wildman–Crippen MR) is 84.9 cm³/mol. The molecule has 1 N–H and O–H groups in total. The number of aliphatic hydroxyl groups excluding tert-OH is 1. The lowest BCUT2D eigenvalue weighted by molar-refractivity contribution is 0.282. The van der Waals surface area contributed by atoms with Crippen molar-refractivity contribution in [1.82, 2.24) is 4.31 Å². The molecule has 4 nitrogen and oxygen atoms in total. The van der Waals surface area contributed by atoms with Gasteiger partial charge >= 0.3 is 0 Å². The zero-order valence-electron chi connectivity index (χ0n) is 11.7. The molecule has 21 heavy (non-hydrogen) atoms. The van der Waals surface area contributed by atoms with Gasteiger partial charge in [-0.3, -0.25) is 0 Å². The summed E-state index contributed by atoms with van der Waals surface area (Å²) in [6, 6.07) is 7.41. The molecule has 3 rings (SSSR count). The molecule has 1 aliphatic rings. The molecule has 0 saturated carbocycles. The number of aliphatic hydroxyl groups is 1. The molecule has 1 aromatic heterocycles. The molecule has 0 atom stereocenters. The van der Waals surface area contributed by atoms with Crippen molar-refractivity contribution in [3.05, 3.63) is 40.8 Å². The van der Waals surface area contributed by atoms with Gasteiger partial charge in [-0.15, -0.1) is 11.3 Å². The summed E-state index contributed by atoms with van der Waals surface area (Å²) in [6.07, 6.45) is 2.81. The maximum Gasteiger partial charge on any atom is 0.245 e. The van der Waals surface area contributed by atoms with Crippen LogP contribution in [0.3, 0.4) is 0 Å². The topological polar surface area (TPSA) is 57.6 Å². The molecular weight excluding hydrogens is 306 g/mol. The second-order valence-electron chi connectivity index (χ2n) is 5.19. The van der Waals surface area contributed by atoms with Crippen molar-refractivity contribution in [2.24, 2.45) is 0 Å². The number of hydrogen-bond acceptors (Lipinski definition) is 4. The summed E-state index contributed by atoms with van der Waals surface area (Å²) in [5.74, 6) is 0. The minimum atomic E-state index is -3.58. The molecule has 0 spiro atoms. The van der Waals surface area contributed by atoms with Crippen LogP contribution in [-0.2, 0) is 16.6 Å². The van der Waals surface area contributed by atoms with E-state index in [0.717, 1.165) is 16.7 Å². The Bertz CT molecular complexity index is 805. The minimum absolute atomic E-state index is 0.253. The Morgan fingerprint density at radius 2 is 2.10 bits per heavy atom. The Labute approximate surface area is 128 Å². The van der Waals surface area contributed by atoms with Crippen molar-refractivity contribution < 1.29 is 13.5 Å². The van der Waals surface area contributed by atoms with Gasteiger partial charge in [-0.2, -0.15) is 4.31 Å². The molecule has 0 unspecified atom stereocenters. The number of thiophene rings is 1. The largest absolute Gasteiger partial charge is 0.391 e. The summed E-state index contributed by atoms with van der Waals surface area (Å²) in [5, 5.41) is 10.3. The Balaban J connectivity index is 2.16. The average molecular weight is 323 g/mol. The highest BCUT2D eigenvalue weighted by atomic mass is 32.2. The SMILES string of the molecule is CC1=CCCN(S(=O)(=O)c2c(CO)sc3ccccc23)C1. The number of benzene rings is 1. The van der Waals surface area contributed by atoms with Gasteiger partial charge in [-0.1, -0.05) is 29.8 Å². The van der Waals surface area contributed by atoms with Crippen LogP contribution in [0.25, 0.3) is 10.1 Å². The fourth-order valence-electron chi connectivity index (χ4n) is 2.67. The van der Waals surface area contributed by atoms with E-state index in [9.17, 15) is 13.5 Å². The third-order valence-corrected chi connectivity index (χ3v) is 6.92. The van der Waals surface area contributed by atoms with Crippen LogP contribution in [0.2, 0.25) is 0 Å². The first-order chi connectivity index (χ1) is 10.0. The van der Waals surface area contributed by atoms with Gasteiger partial charge in [0.05, 0.1) is 11.5 Å². The van der Waals surface area contributed by atoms with Crippen LogP contribution in [0.15, 0.2) is 40.8 Å². The molecule has 0 aliphatic carbocycles. The van der Waals surface area contributed by atoms with E-state index in [1.54, 1.807) is 0 Å². The number of fused-ring (bicyclic) bond motifs is 1. The van der Waals surface area contributed by atoms with Crippen LogP contribution in [0, 0.1) is 0 Å². The Hall–Kier alpha value is -1.21. The van der Waals surface area contributed by atoms with Gasteiger partial charge in [0.25, 0.3) is 0 Å². The molecule has 0 fully saturated rings. The fraction of sp³-hybridized carbons (Fsp3) is 0.333. The molecule has 1 aliphatic heterocycles. The monoisotopic (exact) mass is 323 g/mol. The van der Waals surface area contributed by atoms with E-state index in [1.807, 2.05) is 31.2 Å². The van der Waals surface area contributed by atoms with E-state index in [1.165, 1.54) is 15.6 Å². The molecule has 1 aromatic carbocycles. The lowest BCUT2D eigenvalue weighted by Gasteiger charge is -2.25. The fourth-order valence-corrected chi connectivity index (χ4v) is 5.92. The van der Waals surface area contributed by atoms with E-state index < -0.39 is 10.0 Å². The predicted octanol–water partition coefficient (Wildman–Crippen LogP) is 2.73. The average Bonchev–Trinajstić information content (AvgIpc) is 2.86. The van der Waals surface area contributed by atoms with Crippen molar-refractivity contribution in [3.8, 4) is 0 Å². The van der Waals surface area contributed by atoms with Crippen molar-refractivity contribution in [2.75, 3.05) is 13.1 Å². The van der Waals surface area contributed by atoms with Gasteiger partial charge in [0.15, 0.2) is 0 Å². The van der Waals surface area contributed by atoms with E-state index in [-0.39, 0.29) is 11.5 Å². The number of sulfonamides is 1. The molecule has 112 valence electrons. The van der Waals surface area contributed by atoms with Crippen molar-refractivity contribution in [2.45, 2.75) is 24.8 Å². The number of nitrogens with zero attached hydrogens (tertiary/aromatic N) is 1. The third kappa shape index (κ3) is 2.53. The molecule has 0 saturated heterocycles. The van der Waals surface area contributed by atoms with E-state index in [4.69, 9.17) is 0 Å². The summed E-state index contributed by atoms with van der Waals surface area (Å²) in [5.41, 5.74) is 1.06. The first kappa shape index (κ1) is 14.7. The summed E-state index contributed by atoms with van der Waals surface area (Å²) in [4.78, 5) is 0.795. The van der Waals surface area contributed by atoms with Gasteiger partial charge in [0.2, 0.25) is 10.0 Å². The van der Waals surface area contributed by atoms with E-state index in [0.29, 0.717) is 23.4 Å². The zero-order chi connectivity index (χ0) is 15.0. The van der Waals surface area contributed by atoms with Crippen LogP contribution in [0.1, 0.15) is 18.2 Å². The van der Waals surface area contributed by atoms with Gasteiger partial charge in [0.1, 0.15) is 4.90 Å². The van der Waals surface area contributed by atoms with E-state index in [2.05, 4.69) is 6.08 Å². The van der Waals surface area contributed by atoms with Crippen molar-refractivity contribution in [3.63, 3.8) is 0 Å². The highest BCUT2D eigenvalue weighted by Gasteiger charge is 2.31. The van der Waals surface area contributed by atoms with Gasteiger partial charge in [0, 0.05) is 23.2 Å². The standard InChI is InChI=1S/C15H17NO3S2/c1-11-5-4-8-16(9-11)21(18,19)15-12-6-2-3-7-13(12)20-14(15)10-17/h2-3,5-7,17H,4,8-10H2,1H3. The van der Waals surface area contributed by atoms with E-state index >= 15 is 0 Å². The van der Waals surface area contributed by atoms with Crippen LogP contribution in [0.4, 0.5) is 0 Å². The maximum atomic E-state index is 13.0. The molecular formula is C15H17NO3S2. The Kier molecular flexibility index (Phi) is 3.88. The first-order valence-electron chi connectivity index (χ1n) is 6.81. The van der Waals surface area contributed by atoms with Crippen LogP contribution in [0.5, 0.6) is 0 Å². The normalized spacial score (nSPS) is 17.1. The van der Waals surface area contributed by atoms with Gasteiger partial charge in [-0.25, -0.2) is 8.42 Å². The Morgan fingerprint density at radius 1 is 1.33 bits per heavy atom. The van der Waals surface area contributed by atoms with Gasteiger partial charge in [-0.05, 0) is 19.4 Å². The molecule has 2 heterocycles. The maximum absolute atomic E-state index is 13.0. The van der Waals surface area contributed by atoms with Crippen molar-refractivity contribution in [1.29, 1.82) is 0 Å². The second kappa shape index (κ2) is 5.53. The smallest absolute Gasteiger partial charge is 0.245 e. The number of hydrogen-bond donors (Lipinski definition) is 1. The molecule has 0 bridgehead atoms. The summed E-state index contributed by atoms with van der Waals surface area (Å²) < 4.78 is 28.4. The van der Waals surface area contributed by atoms with Crippen LogP contribution in [-0.4, -0.2) is 30.9 Å². The third-order valence-electron chi connectivity index (χ3n) is 3.66. The number of rotatable bonds is 3.